The van der Waals surface area contributed by atoms with Crippen molar-refractivity contribution in [1.29, 1.82) is 0 Å². The van der Waals surface area contributed by atoms with E-state index in [1.807, 2.05) is 36.4 Å². The molecule has 2 unspecified atom stereocenters. The summed E-state index contributed by atoms with van der Waals surface area (Å²) in [4.78, 5) is 28.4. The van der Waals surface area contributed by atoms with Gasteiger partial charge in [0.05, 0.1) is 18.2 Å². The van der Waals surface area contributed by atoms with Crippen LogP contribution in [0.4, 0.5) is 0 Å². The molecule has 492 valence electrons. The first-order valence-electron chi connectivity index (χ1n) is 33.0. The average molecular weight is 1260 g/mol. The molecule has 0 spiro atoms. The fourth-order valence-electron chi connectivity index (χ4n) is 16.2. The molecule has 10 nitrogen and oxygen atoms in total. The molecule has 2 aliphatic heterocycles. The Bertz CT molecular complexity index is 4280. The molecule has 9 aromatic carbocycles. The quantitative estimate of drug-likeness (QED) is 0.0443. The van der Waals surface area contributed by atoms with Gasteiger partial charge in [0.25, 0.3) is 0 Å². The van der Waals surface area contributed by atoms with E-state index in [2.05, 4.69) is 205 Å². The van der Waals surface area contributed by atoms with E-state index in [4.69, 9.17) is 28.4 Å². The summed E-state index contributed by atoms with van der Waals surface area (Å²) in [6.45, 7) is 48.2. The molecule has 0 aromatic heterocycles. The van der Waals surface area contributed by atoms with Gasteiger partial charge in [-0.2, -0.15) is 0 Å². The van der Waals surface area contributed by atoms with Gasteiger partial charge in [-0.1, -0.05) is 205 Å². The van der Waals surface area contributed by atoms with Gasteiger partial charge in [-0.15, -0.1) is 0 Å². The number of methoxy groups -OCH3 is 1. The van der Waals surface area contributed by atoms with E-state index in [-0.39, 0.29) is 60.5 Å². The minimum atomic E-state index is -2.06. The third kappa shape index (κ3) is 14.0. The van der Waals surface area contributed by atoms with Crippen LogP contribution in [0.25, 0.3) is 43.1 Å². The Labute approximate surface area is 552 Å². The van der Waals surface area contributed by atoms with Gasteiger partial charge in [0.15, 0.2) is 11.6 Å². The highest BCUT2D eigenvalue weighted by Gasteiger charge is 2.47. The maximum atomic E-state index is 14.3. The predicted octanol–water partition coefficient (Wildman–Crippen LogP) is 22.3. The molecule has 10 heteroatoms. The summed E-state index contributed by atoms with van der Waals surface area (Å²) >= 11 is 0. The van der Waals surface area contributed by atoms with Crippen LogP contribution in [-0.2, 0) is 42.7 Å². The highest BCUT2D eigenvalue weighted by atomic mass is 16.7. The topological polar surface area (TPSA) is 130 Å². The van der Waals surface area contributed by atoms with E-state index in [9.17, 15) is 19.8 Å². The van der Waals surface area contributed by atoms with Crippen molar-refractivity contribution in [3.05, 3.63) is 172 Å². The Kier molecular flexibility index (Phi) is 17.2. The van der Waals surface area contributed by atoms with Crippen molar-refractivity contribution < 1.29 is 48.2 Å². The summed E-state index contributed by atoms with van der Waals surface area (Å²) in [5.41, 5.74) is 6.21. The number of benzene rings is 9. The van der Waals surface area contributed by atoms with E-state index in [1.165, 1.54) is 32.9 Å². The molecule has 0 radical (unpaired) electrons. The fraction of sp³-hybridized carbons (Fsp3) is 0.446. The molecular formula is C83H100O10. The second kappa shape index (κ2) is 23.5. The smallest absolute Gasteiger partial charge is 0.346 e. The van der Waals surface area contributed by atoms with E-state index in [0.29, 0.717) is 88.4 Å². The molecule has 0 aliphatic carbocycles. The maximum absolute atomic E-state index is 14.3. The highest BCUT2D eigenvalue weighted by Crippen LogP contribution is 2.60. The standard InChI is InChI=1S/C69H78O10.C14H22/c1-62(2,3)35-65(10,11)38-19-25-41(26-20-38)75-49-32-45-52-44(60(70)78-61(45)71)31-48(74-18)54-56-50(76-42-27-21-39(22-28-42)66(12,13)36-63(4,5)6)33-46-53-47(69(17,73)79-68(46,16)72)34-51(57(59(53)56)55(49)58(52)54)77-43-29-23-40(24-30-43)67(14,15)37-64(7,8)9;1-13(2,3)11-14(4,5)12-9-7-6-8-10-12/h19-34,72-73H,35-37H2,1-18H3;6-10H,11H2,1-5H3. The first kappa shape index (κ1) is 68.4. The Balaban J connectivity index is 0.000000599. The van der Waals surface area contributed by atoms with Gasteiger partial charge in [0, 0.05) is 54.2 Å². The van der Waals surface area contributed by atoms with E-state index in [1.54, 1.807) is 24.3 Å². The molecule has 9 aromatic rings. The maximum Gasteiger partial charge on any atom is 0.346 e. The van der Waals surface area contributed by atoms with Crippen molar-refractivity contribution in [1.82, 2.24) is 0 Å². The largest absolute Gasteiger partial charge is 0.496 e. The first-order chi connectivity index (χ1) is 42.8. The van der Waals surface area contributed by atoms with Gasteiger partial charge in [0.2, 0.25) is 0 Å². The van der Waals surface area contributed by atoms with Crippen LogP contribution in [0.3, 0.4) is 0 Å². The lowest BCUT2D eigenvalue weighted by Crippen LogP contribution is -2.41. The van der Waals surface area contributed by atoms with Gasteiger partial charge in [-0.05, 0) is 166 Å². The lowest BCUT2D eigenvalue weighted by atomic mass is 9.72. The van der Waals surface area contributed by atoms with Crippen LogP contribution >= 0.6 is 0 Å². The monoisotopic (exact) mass is 1260 g/mol. The van der Waals surface area contributed by atoms with Crippen LogP contribution in [0.2, 0.25) is 0 Å². The Hall–Kier alpha value is -7.50. The number of rotatable bonds is 15. The van der Waals surface area contributed by atoms with Crippen LogP contribution in [-0.4, -0.2) is 29.3 Å². The number of hydrogen-bond acceptors (Lipinski definition) is 10. The molecular weight excluding hydrogens is 1160 g/mol. The summed E-state index contributed by atoms with van der Waals surface area (Å²) < 4.78 is 39.5. The summed E-state index contributed by atoms with van der Waals surface area (Å²) in [6, 6.07) is 41.7. The van der Waals surface area contributed by atoms with Crippen molar-refractivity contribution in [2.75, 3.05) is 7.11 Å². The Morgan fingerprint density at radius 3 is 0.946 bits per heavy atom. The number of hydrogen-bond donors (Lipinski definition) is 2. The number of carbonyl (C=O) groups excluding carboxylic acids is 2. The van der Waals surface area contributed by atoms with Gasteiger partial charge in [-0.25, -0.2) is 9.59 Å². The average Bonchev–Trinajstić information content (AvgIpc) is 0.672. The van der Waals surface area contributed by atoms with E-state index in [0.717, 1.165) is 36.0 Å². The highest BCUT2D eigenvalue weighted by molar-refractivity contribution is 6.41. The number of cyclic esters (lactones) is 2. The SMILES string of the molecule is CC(C)(C)CC(C)(C)c1ccccc1.COc1cc2c3c(cc(Oc4ccc(C(C)(C)CC(C)(C)C)cc4)c4c5c(Oc6ccc(C(C)(C)CC(C)(C)C)cc6)cc6c7c(cc(Oc8ccc(C(C)(C)CC(C)(C)C)cc8)c(c1c34)c75)C(C)(O)OC6(C)O)C(=O)OC2=O. The first-order valence-corrected chi connectivity index (χ1v) is 33.0. The molecule has 2 N–H and O–H groups in total. The van der Waals surface area contributed by atoms with E-state index >= 15 is 0 Å². The van der Waals surface area contributed by atoms with Crippen LogP contribution in [0.1, 0.15) is 232 Å². The zero-order chi connectivity index (χ0) is 68.4. The molecule has 11 rings (SSSR count). The van der Waals surface area contributed by atoms with Gasteiger partial charge in [-0.3, -0.25) is 0 Å². The minimum absolute atomic E-state index is 0.0786. The predicted molar refractivity (Wildman–Crippen MR) is 379 cm³/mol. The summed E-state index contributed by atoms with van der Waals surface area (Å²) in [7, 11) is 1.52. The lowest BCUT2D eigenvalue weighted by Gasteiger charge is -2.41. The summed E-state index contributed by atoms with van der Waals surface area (Å²) in [5.74, 6) is -3.14. The molecule has 2 heterocycles. The van der Waals surface area contributed by atoms with Crippen LogP contribution in [0.15, 0.2) is 127 Å². The molecule has 0 amide bonds. The normalized spacial score (nSPS) is 17.4. The number of carbonyl (C=O) groups is 2. The lowest BCUT2D eigenvalue weighted by molar-refractivity contribution is -0.337. The summed E-state index contributed by atoms with van der Waals surface area (Å²) in [6.07, 6.45) is 4.04. The second-order valence-corrected chi connectivity index (χ2v) is 34.4. The summed E-state index contributed by atoms with van der Waals surface area (Å²) in [5, 5.41) is 28.8. The number of aliphatic hydroxyl groups is 2. The molecule has 0 saturated carbocycles. The number of fused-ring (bicyclic) bond motifs is 2. The fourth-order valence-corrected chi connectivity index (χ4v) is 16.2. The molecule has 0 saturated heterocycles. The molecule has 0 bridgehead atoms. The molecule has 2 atom stereocenters. The zero-order valence-corrected chi connectivity index (χ0v) is 59.6. The van der Waals surface area contributed by atoms with Crippen LogP contribution < -0.4 is 18.9 Å². The second-order valence-electron chi connectivity index (χ2n) is 34.4. The Morgan fingerprint density at radius 2 is 0.634 bits per heavy atom. The minimum Gasteiger partial charge on any atom is -0.496 e. The van der Waals surface area contributed by atoms with Gasteiger partial charge in [0.1, 0.15) is 40.2 Å². The van der Waals surface area contributed by atoms with Crippen LogP contribution in [0, 0.1) is 21.7 Å². The number of esters is 2. The van der Waals surface area contributed by atoms with Crippen molar-refractivity contribution in [3.63, 3.8) is 0 Å². The molecule has 0 fully saturated rings. The molecule has 93 heavy (non-hydrogen) atoms. The van der Waals surface area contributed by atoms with Crippen molar-refractivity contribution in [3.8, 4) is 40.2 Å². The zero-order valence-electron chi connectivity index (χ0n) is 59.6. The third-order valence-corrected chi connectivity index (χ3v) is 18.4. The van der Waals surface area contributed by atoms with Crippen molar-refractivity contribution in [2.45, 2.75) is 211 Å². The van der Waals surface area contributed by atoms with Gasteiger partial charge < -0.3 is 38.6 Å². The van der Waals surface area contributed by atoms with Gasteiger partial charge >= 0.3 is 11.9 Å². The molecule has 2 aliphatic rings. The Morgan fingerprint density at radius 1 is 0.355 bits per heavy atom. The third-order valence-electron chi connectivity index (χ3n) is 18.4. The number of ether oxygens (including phenoxy) is 6. The van der Waals surface area contributed by atoms with Crippen LogP contribution in [0.5, 0.6) is 40.2 Å². The van der Waals surface area contributed by atoms with Crippen molar-refractivity contribution in [2.24, 2.45) is 21.7 Å². The van der Waals surface area contributed by atoms with Crippen molar-refractivity contribution >= 4 is 55.0 Å². The van der Waals surface area contributed by atoms with E-state index < -0.39 is 23.5 Å².